The lowest BCUT2D eigenvalue weighted by Gasteiger charge is -2.32. The third-order valence-corrected chi connectivity index (χ3v) is 6.82. The minimum absolute atomic E-state index is 0.119. The molecule has 10 nitrogen and oxygen atoms in total. The lowest BCUT2D eigenvalue weighted by Crippen LogP contribution is -2.36. The van der Waals surface area contributed by atoms with Gasteiger partial charge in [-0.05, 0) is 62.6 Å². The molecule has 1 fully saturated rings. The summed E-state index contributed by atoms with van der Waals surface area (Å²) in [5, 5.41) is 20.3. The fraction of sp³-hybridized carbons (Fsp3) is 0.286. The number of hydrogen-bond donors (Lipinski definition) is 4. The van der Waals surface area contributed by atoms with E-state index in [4.69, 9.17) is 5.73 Å². The van der Waals surface area contributed by atoms with Gasteiger partial charge in [0.2, 0.25) is 0 Å². The van der Waals surface area contributed by atoms with Crippen LogP contribution in [0.15, 0.2) is 54.9 Å². The summed E-state index contributed by atoms with van der Waals surface area (Å²) in [6, 6.07) is 11.9. The third-order valence-electron chi connectivity index (χ3n) is 6.82. The second kappa shape index (κ2) is 11.1. The lowest BCUT2D eigenvalue weighted by molar-refractivity contribution is -0.137. The first-order valence-electron chi connectivity index (χ1n) is 12.9. The summed E-state index contributed by atoms with van der Waals surface area (Å²) >= 11 is 0. The van der Waals surface area contributed by atoms with Gasteiger partial charge in [-0.1, -0.05) is 6.07 Å². The molecule has 0 spiro atoms. The normalized spacial score (nSPS) is 14.2. The number of anilines is 5. The zero-order valence-electron chi connectivity index (χ0n) is 22.4. The van der Waals surface area contributed by atoms with E-state index in [2.05, 4.69) is 25.7 Å². The average Bonchev–Trinajstić information content (AvgIpc) is 3.30. The number of aromatic nitrogens is 4. The maximum Gasteiger partial charge on any atom is 0.416 e. The van der Waals surface area contributed by atoms with Crippen molar-refractivity contribution < 1.29 is 23.1 Å². The minimum atomic E-state index is -4.63. The zero-order chi connectivity index (χ0) is 29.3. The summed E-state index contributed by atoms with van der Waals surface area (Å²) in [5.41, 5.74) is 7.66. The Kier molecular flexibility index (Phi) is 7.54. The first-order chi connectivity index (χ1) is 19.5. The number of carbonyl (C=O) groups is 1. The van der Waals surface area contributed by atoms with Crippen molar-refractivity contribution in [3.8, 4) is 5.82 Å². The van der Waals surface area contributed by atoms with Crippen molar-refractivity contribution in [2.45, 2.75) is 39.0 Å². The molecule has 1 saturated heterocycles. The fourth-order valence-electron chi connectivity index (χ4n) is 4.63. The Hall–Kier alpha value is -4.65. The second-order valence-corrected chi connectivity index (χ2v) is 9.98. The quantitative estimate of drug-likeness (QED) is 0.261. The molecule has 5 N–H and O–H groups in total. The van der Waals surface area contributed by atoms with Gasteiger partial charge < -0.3 is 26.4 Å². The van der Waals surface area contributed by atoms with E-state index in [-0.39, 0.29) is 17.1 Å². The number of rotatable bonds is 6. The van der Waals surface area contributed by atoms with Crippen molar-refractivity contribution in [1.82, 2.24) is 19.7 Å². The number of nitrogens with zero attached hydrogens (tertiary/aromatic N) is 5. The molecule has 3 heterocycles. The van der Waals surface area contributed by atoms with Gasteiger partial charge in [-0.2, -0.15) is 23.0 Å². The second-order valence-electron chi connectivity index (χ2n) is 9.98. The largest absolute Gasteiger partial charge is 0.416 e. The third kappa shape index (κ3) is 6.40. The monoisotopic (exact) mass is 566 g/mol. The Balaban J connectivity index is 1.41. The molecule has 13 heteroatoms. The van der Waals surface area contributed by atoms with E-state index in [0.717, 1.165) is 23.4 Å². The molecular formula is C28H29F3N8O2. The van der Waals surface area contributed by atoms with E-state index in [9.17, 15) is 23.1 Å². The van der Waals surface area contributed by atoms with Gasteiger partial charge in [-0.15, -0.1) is 0 Å². The van der Waals surface area contributed by atoms with Crippen molar-refractivity contribution in [3.63, 3.8) is 0 Å². The Bertz CT molecular complexity index is 1580. The number of piperidine rings is 1. The Labute approximate surface area is 234 Å². The van der Waals surface area contributed by atoms with Gasteiger partial charge in [0, 0.05) is 47.8 Å². The highest BCUT2D eigenvalue weighted by Gasteiger charge is 2.33. The number of alkyl halides is 3. The predicted molar refractivity (Wildman–Crippen MR) is 150 cm³/mol. The van der Waals surface area contributed by atoms with Crippen LogP contribution in [0.25, 0.3) is 5.82 Å². The standard InChI is InChI=1S/C28H29F3N8O2/c1-16-3-4-20(13-23(16)36-26-9-17(2)37-39(26)25-14-24(32)33-15-34-25)35-27(41)18-10-19(28(29,30)31)12-21(11-18)38-7-5-22(40)6-8-38/h3-4,9-15,22,36,40H,5-8H2,1-2H3,(H,35,41)(H2,32,33,34). The highest BCUT2D eigenvalue weighted by atomic mass is 19.4. The summed E-state index contributed by atoms with van der Waals surface area (Å²) in [4.78, 5) is 23.1. The van der Waals surface area contributed by atoms with Crippen LogP contribution >= 0.6 is 0 Å². The molecule has 214 valence electrons. The van der Waals surface area contributed by atoms with Crippen molar-refractivity contribution in [2.24, 2.45) is 0 Å². The SMILES string of the molecule is Cc1cc(Nc2cc(NC(=O)c3cc(N4CCC(O)CC4)cc(C(F)(F)F)c3)ccc2C)n(-c2cc(N)ncn2)n1. The Morgan fingerprint density at radius 3 is 2.51 bits per heavy atom. The molecule has 0 bridgehead atoms. The summed E-state index contributed by atoms with van der Waals surface area (Å²) in [5.74, 6) is 0.646. The number of aliphatic hydroxyl groups excluding tert-OH is 1. The molecule has 1 aliphatic heterocycles. The number of amides is 1. The van der Waals surface area contributed by atoms with Gasteiger partial charge in [-0.3, -0.25) is 4.79 Å². The summed E-state index contributed by atoms with van der Waals surface area (Å²) < 4.78 is 42.8. The van der Waals surface area contributed by atoms with Crippen LogP contribution in [0.2, 0.25) is 0 Å². The summed E-state index contributed by atoms with van der Waals surface area (Å²) in [6.45, 7) is 4.49. The van der Waals surface area contributed by atoms with Gasteiger partial charge in [0.15, 0.2) is 5.82 Å². The van der Waals surface area contributed by atoms with Crippen molar-refractivity contribution in [2.75, 3.05) is 34.4 Å². The molecule has 0 unspecified atom stereocenters. The molecule has 0 aliphatic carbocycles. The Morgan fingerprint density at radius 1 is 1.05 bits per heavy atom. The van der Waals surface area contributed by atoms with Crippen LogP contribution < -0.4 is 21.3 Å². The number of nitrogen functional groups attached to an aromatic ring is 1. The molecule has 5 rings (SSSR count). The van der Waals surface area contributed by atoms with Crippen LogP contribution in [0.1, 0.15) is 40.0 Å². The highest BCUT2D eigenvalue weighted by molar-refractivity contribution is 6.05. The van der Waals surface area contributed by atoms with E-state index in [1.807, 2.05) is 19.9 Å². The predicted octanol–water partition coefficient (Wildman–Crippen LogP) is 4.84. The maximum atomic E-state index is 13.7. The molecule has 0 radical (unpaired) electrons. The number of nitrogens with two attached hydrogens (primary N) is 1. The molecule has 2 aromatic carbocycles. The number of hydrogen-bond acceptors (Lipinski definition) is 8. The lowest BCUT2D eigenvalue weighted by atomic mass is 10.0. The van der Waals surface area contributed by atoms with E-state index in [0.29, 0.717) is 48.9 Å². The van der Waals surface area contributed by atoms with E-state index >= 15 is 0 Å². The number of benzene rings is 2. The molecule has 41 heavy (non-hydrogen) atoms. The van der Waals surface area contributed by atoms with Crippen LogP contribution in [-0.4, -0.2) is 50.0 Å². The molecule has 4 aromatic rings. The number of aryl methyl sites for hydroxylation is 2. The smallest absolute Gasteiger partial charge is 0.393 e. The zero-order valence-corrected chi connectivity index (χ0v) is 22.4. The van der Waals surface area contributed by atoms with Gasteiger partial charge >= 0.3 is 6.18 Å². The van der Waals surface area contributed by atoms with Crippen LogP contribution in [0.4, 0.5) is 41.9 Å². The van der Waals surface area contributed by atoms with E-state index in [1.54, 1.807) is 33.8 Å². The number of aliphatic hydroxyl groups is 1. The molecule has 0 saturated carbocycles. The van der Waals surface area contributed by atoms with Gasteiger partial charge in [-0.25, -0.2) is 9.97 Å². The number of carbonyl (C=O) groups excluding carboxylic acids is 1. The molecular weight excluding hydrogens is 537 g/mol. The van der Waals surface area contributed by atoms with Gasteiger partial charge in [0.1, 0.15) is 18.0 Å². The first kappa shape index (κ1) is 27.9. The number of nitrogens with one attached hydrogen (secondary N) is 2. The Morgan fingerprint density at radius 2 is 1.80 bits per heavy atom. The van der Waals surface area contributed by atoms with Gasteiger partial charge in [0.05, 0.1) is 17.4 Å². The topological polar surface area (TPSA) is 134 Å². The fourth-order valence-corrected chi connectivity index (χ4v) is 4.63. The van der Waals surface area contributed by atoms with Crippen molar-refractivity contribution in [1.29, 1.82) is 0 Å². The van der Waals surface area contributed by atoms with Crippen LogP contribution in [-0.2, 0) is 6.18 Å². The minimum Gasteiger partial charge on any atom is -0.393 e. The van der Waals surface area contributed by atoms with Crippen LogP contribution in [0, 0.1) is 13.8 Å². The van der Waals surface area contributed by atoms with Crippen molar-refractivity contribution in [3.05, 3.63) is 77.2 Å². The van der Waals surface area contributed by atoms with Crippen LogP contribution in [0.5, 0.6) is 0 Å². The summed E-state index contributed by atoms with van der Waals surface area (Å²) in [6.07, 6.45) is -2.89. The maximum absolute atomic E-state index is 13.7. The van der Waals surface area contributed by atoms with E-state index in [1.165, 1.54) is 12.4 Å². The number of halogens is 3. The van der Waals surface area contributed by atoms with Crippen LogP contribution in [0.3, 0.4) is 0 Å². The highest BCUT2D eigenvalue weighted by Crippen LogP contribution is 2.34. The molecule has 1 aliphatic rings. The summed E-state index contributed by atoms with van der Waals surface area (Å²) in [7, 11) is 0. The molecule has 2 aromatic heterocycles. The van der Waals surface area contributed by atoms with Crippen molar-refractivity contribution >= 4 is 34.6 Å². The molecule has 0 atom stereocenters. The van der Waals surface area contributed by atoms with Gasteiger partial charge in [0.25, 0.3) is 5.91 Å². The van der Waals surface area contributed by atoms with E-state index < -0.39 is 23.8 Å². The first-order valence-corrected chi connectivity index (χ1v) is 12.9. The average molecular weight is 567 g/mol. The molecule has 1 amide bonds.